The van der Waals surface area contributed by atoms with Gasteiger partial charge >= 0.3 is 11.8 Å². The van der Waals surface area contributed by atoms with E-state index in [0.29, 0.717) is 18.1 Å². The molecule has 1 aliphatic rings. The molecule has 0 aliphatic carbocycles. The van der Waals surface area contributed by atoms with Gasteiger partial charge in [-0.2, -0.15) is 0 Å². The summed E-state index contributed by atoms with van der Waals surface area (Å²) in [6.07, 6.45) is 0. The maximum Gasteiger partial charge on any atom is 0.323 e. The van der Waals surface area contributed by atoms with Crippen LogP contribution in [0.3, 0.4) is 0 Å². The summed E-state index contributed by atoms with van der Waals surface area (Å²) in [7, 11) is 2.02. The van der Waals surface area contributed by atoms with E-state index in [0.717, 1.165) is 18.7 Å². The van der Waals surface area contributed by atoms with Gasteiger partial charge < -0.3 is 10.2 Å². The number of nitrogens with zero attached hydrogens (tertiary/aromatic N) is 2. The van der Waals surface area contributed by atoms with Crippen LogP contribution in [0.2, 0.25) is 5.02 Å². The lowest BCUT2D eigenvalue weighted by molar-refractivity contribution is -0.142. The lowest BCUT2D eigenvalue weighted by atomic mass is 10.2. The van der Waals surface area contributed by atoms with Crippen LogP contribution in [0.5, 0.6) is 0 Å². The fraction of sp³-hybridized carbons (Fsp3) is 0.429. The number of carbonyl (C=O) groups is 2. The number of hydrogen-bond donors (Lipinski definition) is 2. The molecule has 1 saturated heterocycles. The fourth-order valence-corrected chi connectivity index (χ4v) is 2.21. The van der Waals surface area contributed by atoms with E-state index in [-0.39, 0.29) is 6.54 Å². The Bertz CT molecular complexity index is 515. The molecule has 0 radical (unpaired) electrons. The van der Waals surface area contributed by atoms with E-state index in [9.17, 15) is 9.59 Å². The van der Waals surface area contributed by atoms with E-state index in [1.807, 2.05) is 19.2 Å². The molecule has 2 rings (SSSR count). The highest BCUT2D eigenvalue weighted by molar-refractivity contribution is 6.35. The summed E-state index contributed by atoms with van der Waals surface area (Å²) < 4.78 is 0. The SMILES string of the molecule is CN1CCN(NC(=O)C(=O)NCc2ccccc2Cl)CC1. The van der Waals surface area contributed by atoms with Gasteiger partial charge in [0.1, 0.15) is 0 Å². The van der Waals surface area contributed by atoms with E-state index < -0.39 is 11.8 Å². The average Bonchev–Trinajstić information content (AvgIpc) is 2.48. The summed E-state index contributed by atoms with van der Waals surface area (Å²) in [6, 6.07) is 7.19. The Kier molecular flexibility index (Phi) is 5.55. The molecule has 21 heavy (non-hydrogen) atoms. The minimum atomic E-state index is -0.658. The van der Waals surface area contributed by atoms with E-state index >= 15 is 0 Å². The topological polar surface area (TPSA) is 64.7 Å². The minimum Gasteiger partial charge on any atom is -0.344 e. The van der Waals surface area contributed by atoms with Crippen molar-refractivity contribution in [3.05, 3.63) is 34.9 Å². The van der Waals surface area contributed by atoms with Crippen LogP contribution in [-0.4, -0.2) is 54.9 Å². The van der Waals surface area contributed by atoms with Gasteiger partial charge in [0.15, 0.2) is 0 Å². The highest BCUT2D eigenvalue weighted by Gasteiger charge is 2.19. The van der Waals surface area contributed by atoms with Crippen LogP contribution in [0, 0.1) is 0 Å². The molecule has 0 saturated carbocycles. The monoisotopic (exact) mass is 310 g/mol. The second-order valence-corrected chi connectivity index (χ2v) is 5.41. The zero-order valence-electron chi connectivity index (χ0n) is 11.9. The number of halogens is 1. The molecule has 2 amide bonds. The van der Waals surface area contributed by atoms with E-state index in [4.69, 9.17) is 11.6 Å². The van der Waals surface area contributed by atoms with Gasteiger partial charge in [-0.3, -0.25) is 15.0 Å². The van der Waals surface area contributed by atoms with Crippen molar-refractivity contribution in [1.29, 1.82) is 0 Å². The Labute approximate surface area is 129 Å². The molecule has 1 aliphatic heterocycles. The van der Waals surface area contributed by atoms with Crippen molar-refractivity contribution in [2.75, 3.05) is 33.2 Å². The highest BCUT2D eigenvalue weighted by atomic mass is 35.5. The zero-order valence-corrected chi connectivity index (χ0v) is 12.7. The molecular formula is C14H19ClN4O2. The summed E-state index contributed by atoms with van der Waals surface area (Å²) in [5, 5.41) is 4.89. The van der Waals surface area contributed by atoms with Crippen LogP contribution < -0.4 is 10.7 Å². The summed E-state index contributed by atoms with van der Waals surface area (Å²) >= 11 is 5.99. The Morgan fingerprint density at radius 3 is 2.48 bits per heavy atom. The molecule has 0 spiro atoms. The lowest BCUT2D eigenvalue weighted by Gasteiger charge is -2.32. The predicted octanol–water partition coefficient (Wildman–Crippen LogP) is 0.235. The Hall–Kier alpha value is -1.63. The van der Waals surface area contributed by atoms with Crippen molar-refractivity contribution in [2.45, 2.75) is 6.54 Å². The summed E-state index contributed by atoms with van der Waals surface area (Å²) in [6.45, 7) is 3.37. The van der Waals surface area contributed by atoms with Crippen molar-refractivity contribution < 1.29 is 9.59 Å². The molecule has 6 nitrogen and oxygen atoms in total. The van der Waals surface area contributed by atoms with Crippen molar-refractivity contribution >= 4 is 23.4 Å². The second-order valence-electron chi connectivity index (χ2n) is 5.01. The molecule has 0 unspecified atom stereocenters. The van der Waals surface area contributed by atoms with Gasteiger partial charge in [0.25, 0.3) is 0 Å². The first-order valence-electron chi connectivity index (χ1n) is 6.82. The summed E-state index contributed by atoms with van der Waals surface area (Å²) in [5.74, 6) is -1.31. The molecule has 0 aromatic heterocycles. The number of rotatable bonds is 3. The maximum atomic E-state index is 11.8. The molecule has 1 fully saturated rings. The molecular weight excluding hydrogens is 292 g/mol. The number of likely N-dealkylation sites (N-methyl/N-ethyl adjacent to an activating group) is 1. The molecule has 1 aromatic carbocycles. The van der Waals surface area contributed by atoms with Gasteiger partial charge in [0.05, 0.1) is 0 Å². The first-order valence-corrected chi connectivity index (χ1v) is 7.20. The lowest BCUT2D eigenvalue weighted by Crippen LogP contribution is -2.55. The van der Waals surface area contributed by atoms with E-state index in [1.165, 1.54) is 0 Å². The number of piperazine rings is 1. The summed E-state index contributed by atoms with van der Waals surface area (Å²) in [5.41, 5.74) is 3.39. The van der Waals surface area contributed by atoms with E-state index in [2.05, 4.69) is 15.6 Å². The number of nitrogens with one attached hydrogen (secondary N) is 2. The van der Waals surface area contributed by atoms with Gasteiger partial charge in [-0.05, 0) is 18.7 Å². The number of hydrazine groups is 1. The maximum absolute atomic E-state index is 11.8. The molecule has 0 bridgehead atoms. The van der Waals surface area contributed by atoms with Crippen LogP contribution in [0.1, 0.15) is 5.56 Å². The number of amides is 2. The Morgan fingerprint density at radius 2 is 1.81 bits per heavy atom. The molecule has 114 valence electrons. The molecule has 7 heteroatoms. The van der Waals surface area contributed by atoms with Crippen LogP contribution in [0.15, 0.2) is 24.3 Å². The van der Waals surface area contributed by atoms with Crippen molar-refractivity contribution in [3.8, 4) is 0 Å². The summed E-state index contributed by atoms with van der Waals surface area (Å²) in [4.78, 5) is 25.7. The molecule has 1 heterocycles. The van der Waals surface area contributed by atoms with Crippen LogP contribution in [0.4, 0.5) is 0 Å². The van der Waals surface area contributed by atoms with Gasteiger partial charge in [-0.15, -0.1) is 0 Å². The second kappa shape index (κ2) is 7.40. The highest BCUT2D eigenvalue weighted by Crippen LogP contribution is 2.14. The largest absolute Gasteiger partial charge is 0.344 e. The standard InChI is InChI=1S/C14H19ClN4O2/c1-18-6-8-19(9-7-18)17-14(21)13(20)16-10-11-4-2-3-5-12(11)15/h2-5H,6-10H2,1H3,(H,16,20)(H,17,21). The fourth-order valence-electron chi connectivity index (χ4n) is 2.01. The third-order valence-electron chi connectivity index (χ3n) is 3.37. The van der Waals surface area contributed by atoms with E-state index in [1.54, 1.807) is 17.1 Å². The van der Waals surface area contributed by atoms with Crippen LogP contribution in [0.25, 0.3) is 0 Å². The molecule has 0 atom stereocenters. The van der Waals surface area contributed by atoms with Crippen molar-refractivity contribution in [3.63, 3.8) is 0 Å². The normalized spacial score (nSPS) is 16.5. The Balaban J connectivity index is 1.78. The van der Waals surface area contributed by atoms with Gasteiger partial charge in [0, 0.05) is 37.7 Å². The number of hydrogen-bond acceptors (Lipinski definition) is 4. The third-order valence-corrected chi connectivity index (χ3v) is 3.74. The van der Waals surface area contributed by atoms with Gasteiger partial charge in [-0.25, -0.2) is 5.01 Å². The average molecular weight is 311 g/mol. The molecule has 1 aromatic rings. The smallest absolute Gasteiger partial charge is 0.323 e. The zero-order chi connectivity index (χ0) is 15.2. The first-order chi connectivity index (χ1) is 10.1. The van der Waals surface area contributed by atoms with Crippen molar-refractivity contribution in [1.82, 2.24) is 20.7 Å². The van der Waals surface area contributed by atoms with Crippen molar-refractivity contribution in [2.24, 2.45) is 0 Å². The number of carbonyl (C=O) groups excluding carboxylic acids is 2. The van der Waals surface area contributed by atoms with Crippen LogP contribution in [-0.2, 0) is 16.1 Å². The third kappa shape index (κ3) is 4.70. The number of benzene rings is 1. The minimum absolute atomic E-state index is 0.231. The van der Waals surface area contributed by atoms with Gasteiger partial charge in [0.2, 0.25) is 0 Å². The molecule has 2 N–H and O–H groups in total. The van der Waals surface area contributed by atoms with Crippen LogP contribution >= 0.6 is 11.6 Å². The Morgan fingerprint density at radius 1 is 1.14 bits per heavy atom. The van der Waals surface area contributed by atoms with Gasteiger partial charge in [-0.1, -0.05) is 29.8 Å². The first kappa shape index (κ1) is 15.8. The quantitative estimate of drug-likeness (QED) is 0.785. The predicted molar refractivity (Wildman–Crippen MR) is 80.5 cm³/mol.